The molecule has 29 heavy (non-hydrogen) atoms. The largest absolute Gasteiger partial charge is 0.378 e. The van der Waals surface area contributed by atoms with Gasteiger partial charge in [0.05, 0.1) is 6.10 Å². The summed E-state index contributed by atoms with van der Waals surface area (Å²) < 4.78 is 19.1. The number of hydrogen-bond acceptors (Lipinski definition) is 2. The summed E-state index contributed by atoms with van der Waals surface area (Å²) >= 11 is 0. The fraction of sp³-hybridized carbons (Fsp3) is 0.654. The van der Waals surface area contributed by atoms with Crippen LogP contribution in [0, 0.1) is 23.2 Å². The third-order valence-electron chi connectivity index (χ3n) is 7.07. The number of nitrogens with zero attached hydrogens (tertiary/aromatic N) is 1. The lowest BCUT2D eigenvalue weighted by molar-refractivity contribution is -0.00824. The zero-order chi connectivity index (χ0) is 20.5. The van der Waals surface area contributed by atoms with Gasteiger partial charge in [0.15, 0.2) is 5.83 Å². The van der Waals surface area contributed by atoms with E-state index in [1.54, 1.807) is 6.07 Å². The van der Waals surface area contributed by atoms with Gasteiger partial charge in [-0.3, -0.25) is 0 Å². The van der Waals surface area contributed by atoms with Gasteiger partial charge in [-0.1, -0.05) is 31.2 Å². The molecular formula is C26H36FNO. The molecule has 0 saturated heterocycles. The summed E-state index contributed by atoms with van der Waals surface area (Å²) in [5, 5.41) is 8.45. The maximum atomic E-state index is 12.9. The van der Waals surface area contributed by atoms with Gasteiger partial charge >= 0.3 is 0 Å². The first-order chi connectivity index (χ1) is 14.2. The van der Waals surface area contributed by atoms with E-state index >= 15 is 0 Å². The lowest BCUT2D eigenvalue weighted by atomic mass is 9.79. The van der Waals surface area contributed by atoms with Crippen LogP contribution in [-0.2, 0) is 11.2 Å². The fourth-order valence-electron chi connectivity index (χ4n) is 5.04. The molecule has 0 spiro atoms. The van der Waals surface area contributed by atoms with Crippen LogP contribution >= 0.6 is 0 Å². The van der Waals surface area contributed by atoms with Crippen LogP contribution in [-0.4, -0.2) is 12.7 Å². The number of aryl methyl sites for hydroxylation is 1. The van der Waals surface area contributed by atoms with Crippen molar-refractivity contribution in [2.24, 2.45) is 11.8 Å². The molecule has 0 radical (unpaired) electrons. The fourth-order valence-corrected chi connectivity index (χ4v) is 5.04. The van der Waals surface area contributed by atoms with Crippen molar-refractivity contribution in [1.29, 1.82) is 5.26 Å². The standard InChI is InChI=1S/C26H36FNO/c1-2-20-6-12-23(13-7-20)24-14-8-22(9-15-24)19-29-26-16-10-21(11-17-26)4-3-5-25(27)18-28/h5-7,12-13,21-22,24,26H,2-4,8-11,14-17,19H2,1H3/b25-5-. The van der Waals surface area contributed by atoms with Crippen LogP contribution in [0.1, 0.15) is 88.2 Å². The Balaban J connectivity index is 1.30. The molecule has 0 aliphatic heterocycles. The zero-order valence-corrected chi connectivity index (χ0v) is 17.9. The average Bonchev–Trinajstić information content (AvgIpc) is 2.79. The van der Waals surface area contributed by atoms with E-state index < -0.39 is 5.83 Å². The molecule has 0 amide bonds. The third kappa shape index (κ3) is 6.96. The first-order valence-electron chi connectivity index (χ1n) is 11.6. The van der Waals surface area contributed by atoms with Gasteiger partial charge in [0.1, 0.15) is 6.07 Å². The molecule has 2 fully saturated rings. The zero-order valence-electron chi connectivity index (χ0n) is 17.9. The van der Waals surface area contributed by atoms with Crippen LogP contribution < -0.4 is 0 Å². The number of halogens is 1. The van der Waals surface area contributed by atoms with Gasteiger partial charge < -0.3 is 4.74 Å². The molecule has 2 aliphatic rings. The van der Waals surface area contributed by atoms with Crippen LogP contribution in [0.15, 0.2) is 36.2 Å². The minimum atomic E-state index is -0.644. The molecule has 3 heteroatoms. The maximum Gasteiger partial charge on any atom is 0.196 e. The summed E-state index contributed by atoms with van der Waals surface area (Å²) in [6.07, 6.45) is 14.4. The number of hydrogen-bond donors (Lipinski definition) is 0. The van der Waals surface area contributed by atoms with Crippen LogP contribution in [0.25, 0.3) is 0 Å². The highest BCUT2D eigenvalue weighted by atomic mass is 19.1. The van der Waals surface area contributed by atoms with Gasteiger partial charge in [0, 0.05) is 6.61 Å². The number of nitriles is 1. The van der Waals surface area contributed by atoms with Crippen molar-refractivity contribution in [2.75, 3.05) is 6.61 Å². The number of rotatable bonds is 8. The predicted molar refractivity (Wildman–Crippen MR) is 116 cm³/mol. The normalized spacial score (nSPS) is 28.1. The molecule has 1 aromatic rings. The van der Waals surface area contributed by atoms with Crippen molar-refractivity contribution in [3.63, 3.8) is 0 Å². The summed E-state index contributed by atoms with van der Waals surface area (Å²) in [5.41, 5.74) is 2.95. The van der Waals surface area contributed by atoms with E-state index in [4.69, 9.17) is 10.00 Å². The Labute approximate surface area is 176 Å². The van der Waals surface area contributed by atoms with E-state index in [-0.39, 0.29) is 0 Å². The Morgan fingerprint density at radius 1 is 1.03 bits per heavy atom. The molecule has 1 aromatic carbocycles. The monoisotopic (exact) mass is 397 g/mol. The molecule has 0 N–H and O–H groups in total. The predicted octanol–water partition coefficient (Wildman–Crippen LogP) is 7.26. The van der Waals surface area contributed by atoms with Crippen molar-refractivity contribution < 1.29 is 9.13 Å². The highest BCUT2D eigenvalue weighted by Crippen LogP contribution is 2.37. The summed E-state index contributed by atoms with van der Waals surface area (Å²) in [5.74, 6) is 1.47. The molecule has 0 heterocycles. The smallest absolute Gasteiger partial charge is 0.196 e. The Morgan fingerprint density at radius 3 is 2.31 bits per heavy atom. The van der Waals surface area contributed by atoms with Crippen LogP contribution in [0.2, 0.25) is 0 Å². The van der Waals surface area contributed by atoms with Crippen molar-refractivity contribution >= 4 is 0 Å². The maximum absolute atomic E-state index is 12.9. The molecule has 158 valence electrons. The molecule has 2 aliphatic carbocycles. The van der Waals surface area contributed by atoms with Crippen LogP contribution in [0.3, 0.4) is 0 Å². The topological polar surface area (TPSA) is 33.0 Å². The minimum Gasteiger partial charge on any atom is -0.378 e. The molecule has 2 saturated carbocycles. The molecule has 2 nitrogen and oxygen atoms in total. The van der Waals surface area contributed by atoms with Crippen molar-refractivity contribution in [2.45, 2.75) is 89.6 Å². The summed E-state index contributed by atoms with van der Waals surface area (Å²) in [7, 11) is 0. The van der Waals surface area contributed by atoms with Crippen molar-refractivity contribution in [1.82, 2.24) is 0 Å². The van der Waals surface area contributed by atoms with Gasteiger partial charge in [-0.05, 0) is 106 Å². The first kappa shape index (κ1) is 22.0. The van der Waals surface area contributed by atoms with E-state index in [9.17, 15) is 4.39 Å². The van der Waals surface area contributed by atoms with E-state index in [2.05, 4.69) is 31.2 Å². The van der Waals surface area contributed by atoms with E-state index in [1.807, 2.05) is 0 Å². The second-order valence-electron chi connectivity index (χ2n) is 9.03. The van der Waals surface area contributed by atoms with Crippen LogP contribution in [0.4, 0.5) is 4.39 Å². The summed E-state index contributed by atoms with van der Waals surface area (Å²) in [6, 6.07) is 10.8. The van der Waals surface area contributed by atoms with Gasteiger partial charge in [-0.25, -0.2) is 0 Å². The second-order valence-corrected chi connectivity index (χ2v) is 9.03. The molecule has 0 unspecified atom stereocenters. The van der Waals surface area contributed by atoms with Crippen molar-refractivity contribution in [3.05, 3.63) is 47.3 Å². The molecule has 0 bridgehead atoms. The van der Waals surface area contributed by atoms with E-state index in [0.29, 0.717) is 18.4 Å². The summed E-state index contributed by atoms with van der Waals surface area (Å²) in [4.78, 5) is 0. The SMILES string of the molecule is CCc1ccc(C2CCC(COC3CCC(CC/C=C(\F)C#N)CC3)CC2)cc1. The second kappa shape index (κ2) is 11.5. The minimum absolute atomic E-state index is 0.414. The van der Waals surface area contributed by atoms with Crippen molar-refractivity contribution in [3.8, 4) is 6.07 Å². The van der Waals surface area contributed by atoms with E-state index in [1.165, 1.54) is 55.7 Å². The Hall–Kier alpha value is -1.66. The molecule has 0 aromatic heterocycles. The lowest BCUT2D eigenvalue weighted by Gasteiger charge is -2.32. The molecule has 0 atom stereocenters. The quantitative estimate of drug-likeness (QED) is 0.433. The number of allylic oxidation sites excluding steroid dienone is 2. The lowest BCUT2D eigenvalue weighted by Crippen LogP contribution is -2.25. The Bertz CT molecular complexity index is 674. The highest BCUT2D eigenvalue weighted by Gasteiger charge is 2.25. The van der Waals surface area contributed by atoms with Crippen LogP contribution in [0.5, 0.6) is 0 Å². The summed E-state index contributed by atoms with van der Waals surface area (Å²) in [6.45, 7) is 3.13. The van der Waals surface area contributed by atoms with Gasteiger partial charge in [-0.2, -0.15) is 9.65 Å². The highest BCUT2D eigenvalue weighted by molar-refractivity contribution is 5.25. The number of ether oxygens (including phenoxy) is 1. The molecular weight excluding hydrogens is 361 g/mol. The molecule has 3 rings (SSSR count). The number of benzene rings is 1. The Kier molecular flexibility index (Phi) is 8.74. The first-order valence-corrected chi connectivity index (χ1v) is 11.6. The van der Waals surface area contributed by atoms with Gasteiger partial charge in [0.2, 0.25) is 0 Å². The van der Waals surface area contributed by atoms with Gasteiger partial charge in [0.25, 0.3) is 0 Å². The van der Waals surface area contributed by atoms with E-state index in [0.717, 1.165) is 44.1 Å². The Morgan fingerprint density at radius 2 is 1.69 bits per heavy atom. The average molecular weight is 398 g/mol. The third-order valence-corrected chi connectivity index (χ3v) is 7.07. The van der Waals surface area contributed by atoms with Gasteiger partial charge in [-0.15, -0.1) is 0 Å².